The molecule has 4 heteroatoms. The van der Waals surface area contributed by atoms with Gasteiger partial charge in [-0.05, 0) is 35.6 Å². The molecule has 2 aromatic rings. The molecular formula is C19H15FNO2-. The number of carbonyl (C=O) groups is 1. The zero-order chi connectivity index (χ0) is 16.0. The van der Waals surface area contributed by atoms with E-state index in [1.165, 1.54) is 12.1 Å². The number of rotatable bonds is 2. The molecule has 2 aliphatic rings. The monoisotopic (exact) mass is 308 g/mol. The Hall–Kier alpha value is -2.62. The first-order valence-corrected chi connectivity index (χ1v) is 7.68. The number of benzene rings is 2. The number of fused-ring (bicyclic) bond motifs is 3. The fourth-order valence-corrected chi connectivity index (χ4v) is 3.79. The van der Waals surface area contributed by atoms with Crippen LogP contribution in [0.2, 0.25) is 0 Å². The first-order valence-electron chi connectivity index (χ1n) is 7.68. The number of carboxylic acids is 1. The van der Waals surface area contributed by atoms with Gasteiger partial charge in [-0.3, -0.25) is 0 Å². The molecule has 0 amide bonds. The normalized spacial score (nSPS) is 24.7. The van der Waals surface area contributed by atoms with Crippen LogP contribution in [-0.4, -0.2) is 5.97 Å². The number of hydrogen-bond acceptors (Lipinski definition) is 3. The van der Waals surface area contributed by atoms with Gasteiger partial charge < -0.3 is 15.2 Å². The van der Waals surface area contributed by atoms with Gasteiger partial charge in [0, 0.05) is 17.2 Å². The van der Waals surface area contributed by atoms with Gasteiger partial charge >= 0.3 is 0 Å². The van der Waals surface area contributed by atoms with Gasteiger partial charge in [0.2, 0.25) is 0 Å². The Balaban J connectivity index is 1.83. The Labute approximate surface area is 133 Å². The number of para-hydroxylation sites is 1. The maximum atomic E-state index is 13.2. The Kier molecular flexibility index (Phi) is 3.18. The lowest BCUT2D eigenvalue weighted by Gasteiger charge is -2.38. The van der Waals surface area contributed by atoms with Crippen molar-refractivity contribution in [3.05, 3.63) is 77.1 Å². The number of allylic oxidation sites excluding steroid dienone is 2. The molecule has 0 aromatic heterocycles. The summed E-state index contributed by atoms with van der Waals surface area (Å²) in [5.41, 5.74) is 2.75. The molecule has 0 radical (unpaired) electrons. The number of nitrogens with one attached hydrogen (secondary N) is 1. The van der Waals surface area contributed by atoms with Crippen molar-refractivity contribution < 1.29 is 14.3 Å². The van der Waals surface area contributed by atoms with Crippen molar-refractivity contribution >= 4 is 11.7 Å². The minimum Gasteiger partial charge on any atom is -0.545 e. The quantitative estimate of drug-likeness (QED) is 0.868. The summed E-state index contributed by atoms with van der Waals surface area (Å²) in [7, 11) is 0. The van der Waals surface area contributed by atoms with Crippen molar-refractivity contribution in [2.24, 2.45) is 5.92 Å². The van der Waals surface area contributed by atoms with Crippen molar-refractivity contribution in [3.63, 3.8) is 0 Å². The van der Waals surface area contributed by atoms with Gasteiger partial charge in [0.25, 0.3) is 0 Å². The topological polar surface area (TPSA) is 52.2 Å². The second kappa shape index (κ2) is 5.23. The first kappa shape index (κ1) is 14.0. The Morgan fingerprint density at radius 2 is 1.96 bits per heavy atom. The van der Waals surface area contributed by atoms with Crippen molar-refractivity contribution in [2.75, 3.05) is 5.32 Å². The molecule has 23 heavy (non-hydrogen) atoms. The highest BCUT2D eigenvalue weighted by atomic mass is 19.1. The standard InChI is InChI=1S/C19H16FNO2/c20-12-9-7-11(8-10-12)17-14-4-1-3-13(14)15-5-2-6-16(19(22)23)18(15)21-17/h1-3,5-10,13-14,17,21H,4H2,(H,22,23)/p-1/t13-,14+,17-/m0/s1. The van der Waals surface area contributed by atoms with Crippen LogP contribution in [0.25, 0.3) is 0 Å². The summed E-state index contributed by atoms with van der Waals surface area (Å²) >= 11 is 0. The minimum absolute atomic E-state index is 0.0522. The van der Waals surface area contributed by atoms with Gasteiger partial charge in [-0.15, -0.1) is 0 Å². The number of anilines is 1. The summed E-state index contributed by atoms with van der Waals surface area (Å²) < 4.78 is 13.2. The van der Waals surface area contributed by atoms with Gasteiger partial charge in [0.1, 0.15) is 5.82 Å². The molecule has 0 spiro atoms. The Bertz CT molecular complexity index is 798. The summed E-state index contributed by atoms with van der Waals surface area (Å²) in [5, 5.41) is 14.8. The average Bonchev–Trinajstić information content (AvgIpc) is 3.04. The lowest BCUT2D eigenvalue weighted by Crippen LogP contribution is -2.32. The smallest absolute Gasteiger partial charge is 0.123 e. The lowest BCUT2D eigenvalue weighted by molar-refractivity contribution is -0.254. The molecule has 0 bridgehead atoms. The van der Waals surface area contributed by atoms with Crippen molar-refractivity contribution in [1.82, 2.24) is 0 Å². The summed E-state index contributed by atoms with van der Waals surface area (Å²) in [5.74, 6) is -1.00. The van der Waals surface area contributed by atoms with E-state index in [0.29, 0.717) is 11.6 Å². The largest absolute Gasteiger partial charge is 0.545 e. The van der Waals surface area contributed by atoms with Gasteiger partial charge in [0.05, 0.1) is 12.0 Å². The summed E-state index contributed by atoms with van der Waals surface area (Å²) in [4.78, 5) is 11.4. The maximum Gasteiger partial charge on any atom is 0.123 e. The molecule has 0 unspecified atom stereocenters. The third-order valence-corrected chi connectivity index (χ3v) is 4.85. The predicted molar refractivity (Wildman–Crippen MR) is 83.5 cm³/mol. The van der Waals surface area contributed by atoms with Crippen LogP contribution in [0.3, 0.4) is 0 Å². The van der Waals surface area contributed by atoms with E-state index in [4.69, 9.17) is 0 Å². The van der Waals surface area contributed by atoms with Gasteiger partial charge in [-0.25, -0.2) is 4.39 Å². The fourth-order valence-electron chi connectivity index (χ4n) is 3.79. The highest BCUT2D eigenvalue weighted by Gasteiger charge is 2.38. The van der Waals surface area contributed by atoms with Gasteiger partial charge in [-0.1, -0.05) is 42.5 Å². The van der Waals surface area contributed by atoms with Crippen LogP contribution < -0.4 is 10.4 Å². The highest BCUT2D eigenvalue weighted by Crippen LogP contribution is 2.50. The Morgan fingerprint density at radius 3 is 2.70 bits per heavy atom. The van der Waals surface area contributed by atoms with Crippen LogP contribution in [-0.2, 0) is 0 Å². The van der Waals surface area contributed by atoms with Crippen LogP contribution >= 0.6 is 0 Å². The third-order valence-electron chi connectivity index (χ3n) is 4.85. The fraction of sp³-hybridized carbons (Fsp3) is 0.211. The molecule has 116 valence electrons. The second-order valence-corrected chi connectivity index (χ2v) is 6.08. The zero-order valence-corrected chi connectivity index (χ0v) is 12.3. The second-order valence-electron chi connectivity index (χ2n) is 6.08. The van der Waals surface area contributed by atoms with Crippen molar-refractivity contribution in [1.29, 1.82) is 0 Å². The summed E-state index contributed by atoms with van der Waals surface area (Å²) in [6.07, 6.45) is 5.18. The average molecular weight is 308 g/mol. The summed E-state index contributed by atoms with van der Waals surface area (Å²) in [6.45, 7) is 0. The number of aromatic carboxylic acids is 1. The van der Waals surface area contributed by atoms with E-state index in [9.17, 15) is 14.3 Å². The molecule has 0 saturated heterocycles. The molecule has 0 fully saturated rings. The minimum atomic E-state index is -1.19. The van der Waals surface area contributed by atoms with E-state index < -0.39 is 5.97 Å². The molecule has 3 atom stereocenters. The molecule has 1 aliphatic carbocycles. The van der Waals surface area contributed by atoms with E-state index in [2.05, 4.69) is 17.5 Å². The number of carbonyl (C=O) groups excluding carboxylic acids is 1. The summed E-state index contributed by atoms with van der Waals surface area (Å²) in [6, 6.07) is 11.6. The zero-order valence-electron chi connectivity index (χ0n) is 12.3. The third kappa shape index (κ3) is 2.22. The van der Waals surface area contributed by atoms with Gasteiger partial charge in [0.15, 0.2) is 0 Å². The van der Waals surface area contributed by atoms with E-state index in [-0.39, 0.29) is 23.3 Å². The van der Waals surface area contributed by atoms with E-state index in [1.54, 1.807) is 24.3 Å². The predicted octanol–water partition coefficient (Wildman–Crippen LogP) is 3.02. The lowest BCUT2D eigenvalue weighted by atomic mass is 9.76. The van der Waals surface area contributed by atoms with E-state index in [0.717, 1.165) is 17.5 Å². The van der Waals surface area contributed by atoms with Crippen LogP contribution in [0.15, 0.2) is 54.6 Å². The van der Waals surface area contributed by atoms with Crippen LogP contribution in [0.5, 0.6) is 0 Å². The van der Waals surface area contributed by atoms with Crippen LogP contribution in [0.4, 0.5) is 10.1 Å². The first-order chi connectivity index (χ1) is 11.1. The molecule has 2 aromatic carbocycles. The van der Waals surface area contributed by atoms with Gasteiger partial charge in [-0.2, -0.15) is 0 Å². The number of halogens is 1. The number of hydrogen-bond donors (Lipinski definition) is 1. The Morgan fingerprint density at radius 1 is 1.17 bits per heavy atom. The van der Waals surface area contributed by atoms with Crippen molar-refractivity contribution in [2.45, 2.75) is 18.4 Å². The molecule has 1 N–H and O–H groups in total. The molecule has 1 aliphatic heterocycles. The van der Waals surface area contributed by atoms with E-state index >= 15 is 0 Å². The molecule has 1 heterocycles. The van der Waals surface area contributed by atoms with Crippen LogP contribution in [0.1, 0.15) is 39.9 Å². The molecular weight excluding hydrogens is 293 g/mol. The number of carboxylic acid groups (broad SMARTS) is 1. The maximum absolute atomic E-state index is 13.2. The van der Waals surface area contributed by atoms with Crippen molar-refractivity contribution in [3.8, 4) is 0 Å². The highest BCUT2D eigenvalue weighted by molar-refractivity contribution is 5.94. The van der Waals surface area contributed by atoms with E-state index in [1.807, 2.05) is 6.07 Å². The van der Waals surface area contributed by atoms with Crippen LogP contribution in [0, 0.1) is 11.7 Å². The molecule has 3 nitrogen and oxygen atoms in total. The molecule has 4 rings (SSSR count). The molecule has 0 saturated carbocycles. The SMILES string of the molecule is O=C([O-])c1cccc2c1N[C@@H](c1ccc(F)cc1)[C@@H]1CC=C[C@H]21.